The molecule has 1 N–H and O–H groups in total. The van der Waals surface area contributed by atoms with Crippen LogP contribution in [0.25, 0.3) is 0 Å². The third kappa shape index (κ3) is 4.19. The van der Waals surface area contributed by atoms with E-state index in [9.17, 15) is 31.1 Å². The molecule has 0 aliphatic heterocycles. The van der Waals surface area contributed by atoms with Crippen molar-refractivity contribution in [3.63, 3.8) is 0 Å². The Morgan fingerprint density at radius 2 is 1.75 bits per heavy atom. The van der Waals surface area contributed by atoms with Crippen molar-refractivity contribution >= 4 is 23.2 Å². The van der Waals surface area contributed by atoms with Gasteiger partial charge in [0.2, 0.25) is 5.91 Å². The normalized spacial score (nSPS) is 12.2. The summed E-state index contributed by atoms with van der Waals surface area (Å²) >= 11 is 5.49. The van der Waals surface area contributed by atoms with Gasteiger partial charge in [0.05, 0.1) is 5.02 Å². The summed E-state index contributed by atoms with van der Waals surface area (Å²) < 4.78 is 78.0. The Kier molecular flexibility index (Phi) is 4.42. The number of amides is 1. The number of benzene rings is 1. The summed E-state index contributed by atoms with van der Waals surface area (Å²) in [6, 6.07) is 1.04. The average Bonchev–Trinajstić information content (AvgIpc) is 2.19. The molecule has 0 unspecified atom stereocenters. The van der Waals surface area contributed by atoms with E-state index >= 15 is 0 Å². The van der Waals surface area contributed by atoms with E-state index in [-0.39, 0.29) is 0 Å². The van der Waals surface area contributed by atoms with Gasteiger partial charge in [0.25, 0.3) is 0 Å². The Balaban J connectivity index is 3.51. The molecule has 0 saturated carbocycles. The van der Waals surface area contributed by atoms with Crippen LogP contribution < -0.4 is 10.1 Å². The van der Waals surface area contributed by atoms with Crippen LogP contribution in [0.15, 0.2) is 12.1 Å². The number of halogens is 7. The highest BCUT2D eigenvalue weighted by Gasteiger charge is 2.41. The van der Waals surface area contributed by atoms with Crippen LogP contribution in [0.4, 0.5) is 32.0 Å². The molecule has 0 fully saturated rings. The summed E-state index contributed by atoms with van der Waals surface area (Å²) in [5.74, 6) is -2.51. The zero-order valence-corrected chi connectivity index (χ0v) is 10.4. The second-order valence-corrected chi connectivity index (χ2v) is 3.93. The van der Waals surface area contributed by atoms with Crippen molar-refractivity contribution in [3.05, 3.63) is 22.7 Å². The predicted octanol–water partition coefficient (Wildman–Crippen LogP) is 4.22. The number of carbonyl (C=O) groups is 1. The van der Waals surface area contributed by atoms with Gasteiger partial charge in [-0.25, -0.2) is 0 Å². The van der Waals surface area contributed by atoms with Crippen LogP contribution in [0.5, 0.6) is 5.75 Å². The van der Waals surface area contributed by atoms with Gasteiger partial charge in [-0.3, -0.25) is 4.79 Å². The van der Waals surface area contributed by atoms with Crippen molar-refractivity contribution in [3.8, 4) is 5.75 Å². The molecule has 0 atom stereocenters. The van der Waals surface area contributed by atoms with Crippen LogP contribution in [-0.2, 0) is 11.0 Å². The average molecular weight is 322 g/mol. The first-order valence-electron chi connectivity index (χ1n) is 4.85. The summed E-state index contributed by atoms with van der Waals surface area (Å²) in [6.07, 6.45) is -10.5. The molecule has 10 heteroatoms. The minimum absolute atomic E-state index is 0.328. The third-order valence-electron chi connectivity index (χ3n) is 1.93. The van der Waals surface area contributed by atoms with Crippen LogP contribution >= 0.6 is 11.6 Å². The highest BCUT2D eigenvalue weighted by atomic mass is 35.5. The first kappa shape index (κ1) is 16.4. The Morgan fingerprint density at radius 1 is 1.20 bits per heavy atom. The molecule has 1 aromatic carbocycles. The van der Waals surface area contributed by atoms with Gasteiger partial charge in [-0.05, 0) is 12.1 Å². The Bertz CT molecular complexity index is 526. The minimum atomic E-state index is -5.38. The van der Waals surface area contributed by atoms with Crippen molar-refractivity contribution < 1.29 is 35.9 Å². The quantitative estimate of drug-likeness (QED) is 0.828. The number of carbonyl (C=O) groups excluding carboxylic acids is 1. The summed E-state index contributed by atoms with van der Waals surface area (Å²) in [5.41, 5.74) is -2.60. The van der Waals surface area contributed by atoms with E-state index in [0.29, 0.717) is 12.1 Å². The van der Waals surface area contributed by atoms with Crippen LogP contribution in [0.2, 0.25) is 5.02 Å². The molecular weight excluding hydrogens is 316 g/mol. The number of anilines is 1. The van der Waals surface area contributed by atoms with Gasteiger partial charge in [0.1, 0.15) is 11.3 Å². The van der Waals surface area contributed by atoms with Crippen molar-refractivity contribution in [1.29, 1.82) is 0 Å². The zero-order chi connectivity index (χ0) is 15.7. The number of ether oxygens (including phenoxy) is 1. The van der Waals surface area contributed by atoms with E-state index in [1.54, 1.807) is 5.32 Å². The lowest BCUT2D eigenvalue weighted by molar-refractivity contribution is -0.276. The SMILES string of the molecule is CC(=O)Nc1c(Cl)ccc(C(F)(F)F)c1OC(F)(F)F. The number of nitrogens with one attached hydrogen (secondary N) is 1. The highest BCUT2D eigenvalue weighted by Crippen LogP contribution is 2.45. The topological polar surface area (TPSA) is 38.3 Å². The van der Waals surface area contributed by atoms with Gasteiger partial charge in [0, 0.05) is 6.92 Å². The molecule has 0 saturated heterocycles. The van der Waals surface area contributed by atoms with Crippen molar-refractivity contribution in [1.82, 2.24) is 0 Å². The Labute approximate surface area is 113 Å². The molecule has 1 aromatic rings. The summed E-state index contributed by atoms with van der Waals surface area (Å²) in [5, 5.41) is 1.26. The van der Waals surface area contributed by atoms with E-state index < -0.39 is 40.5 Å². The second kappa shape index (κ2) is 5.39. The maximum atomic E-state index is 12.7. The van der Waals surface area contributed by atoms with Gasteiger partial charge in [-0.2, -0.15) is 13.2 Å². The van der Waals surface area contributed by atoms with Crippen LogP contribution in [0, 0.1) is 0 Å². The maximum absolute atomic E-state index is 12.7. The number of rotatable bonds is 2. The third-order valence-corrected chi connectivity index (χ3v) is 2.25. The lowest BCUT2D eigenvalue weighted by atomic mass is 10.1. The summed E-state index contributed by atoms with van der Waals surface area (Å²) in [7, 11) is 0. The van der Waals surface area contributed by atoms with Crippen molar-refractivity contribution in [2.75, 3.05) is 5.32 Å². The monoisotopic (exact) mass is 321 g/mol. The Morgan fingerprint density at radius 3 is 2.15 bits per heavy atom. The largest absolute Gasteiger partial charge is 0.573 e. The van der Waals surface area contributed by atoms with Crippen LogP contribution in [0.3, 0.4) is 0 Å². The molecule has 0 heterocycles. The smallest absolute Gasteiger partial charge is 0.403 e. The van der Waals surface area contributed by atoms with E-state index in [4.69, 9.17) is 11.6 Å². The number of hydrogen-bond donors (Lipinski definition) is 1. The van der Waals surface area contributed by atoms with E-state index in [0.717, 1.165) is 6.92 Å². The van der Waals surface area contributed by atoms with Gasteiger partial charge >= 0.3 is 12.5 Å². The lowest BCUT2D eigenvalue weighted by Crippen LogP contribution is -2.22. The molecule has 0 spiro atoms. The fourth-order valence-electron chi connectivity index (χ4n) is 1.30. The fraction of sp³-hybridized carbons (Fsp3) is 0.300. The Hall–Kier alpha value is -1.64. The van der Waals surface area contributed by atoms with Gasteiger partial charge < -0.3 is 10.1 Å². The summed E-state index contributed by atoms with van der Waals surface area (Å²) in [6.45, 7) is 0.897. The molecule has 0 aromatic heterocycles. The summed E-state index contributed by atoms with van der Waals surface area (Å²) in [4.78, 5) is 10.9. The molecule has 1 rings (SSSR count). The molecule has 1 amide bonds. The second-order valence-electron chi connectivity index (χ2n) is 3.53. The van der Waals surface area contributed by atoms with Gasteiger partial charge in [-0.15, -0.1) is 13.2 Å². The molecule has 20 heavy (non-hydrogen) atoms. The predicted molar refractivity (Wildman–Crippen MR) is 57.4 cm³/mol. The fourth-order valence-corrected chi connectivity index (χ4v) is 1.49. The zero-order valence-electron chi connectivity index (χ0n) is 9.62. The molecule has 3 nitrogen and oxygen atoms in total. The minimum Gasteiger partial charge on any atom is -0.403 e. The first-order valence-corrected chi connectivity index (χ1v) is 5.22. The van der Waals surface area contributed by atoms with Crippen LogP contribution in [-0.4, -0.2) is 12.3 Å². The maximum Gasteiger partial charge on any atom is 0.573 e. The number of hydrogen-bond acceptors (Lipinski definition) is 2. The van der Waals surface area contributed by atoms with Crippen molar-refractivity contribution in [2.45, 2.75) is 19.5 Å². The van der Waals surface area contributed by atoms with E-state index in [1.165, 1.54) is 0 Å². The molecule has 0 radical (unpaired) electrons. The molecular formula is C10H6ClF6NO2. The van der Waals surface area contributed by atoms with Gasteiger partial charge in [0.15, 0.2) is 5.75 Å². The number of alkyl halides is 6. The van der Waals surface area contributed by atoms with Crippen LogP contribution in [0.1, 0.15) is 12.5 Å². The standard InChI is InChI=1S/C10H6ClF6NO2/c1-4(19)18-7-6(11)3-2-5(9(12,13)14)8(7)20-10(15,16)17/h2-3H,1H3,(H,18,19). The first-order chi connectivity index (χ1) is 8.92. The van der Waals surface area contributed by atoms with E-state index in [2.05, 4.69) is 4.74 Å². The van der Waals surface area contributed by atoms with E-state index in [1.807, 2.05) is 0 Å². The molecule has 0 aliphatic carbocycles. The van der Waals surface area contributed by atoms with Gasteiger partial charge in [-0.1, -0.05) is 11.6 Å². The van der Waals surface area contributed by atoms with Crippen molar-refractivity contribution in [2.24, 2.45) is 0 Å². The molecule has 0 aliphatic rings. The highest BCUT2D eigenvalue weighted by molar-refractivity contribution is 6.34. The lowest BCUT2D eigenvalue weighted by Gasteiger charge is -2.19. The molecule has 0 bridgehead atoms. The molecule has 112 valence electrons.